The molecule has 10 heteroatoms. The first-order chi connectivity index (χ1) is 35.4. The molecule has 0 bridgehead atoms. The first-order valence-electron chi connectivity index (χ1n) is 27.7. The lowest BCUT2D eigenvalue weighted by molar-refractivity contribution is 0.0900. The van der Waals surface area contributed by atoms with Gasteiger partial charge in [0.15, 0.2) is 0 Å². The van der Waals surface area contributed by atoms with Crippen molar-refractivity contribution in [1.82, 2.24) is 40.0 Å². The van der Waals surface area contributed by atoms with Gasteiger partial charge in [-0.1, -0.05) is 135 Å². The maximum absolute atomic E-state index is 12.8. The third kappa shape index (κ3) is 16.4. The van der Waals surface area contributed by atoms with Crippen LogP contribution in [0, 0.1) is 5.92 Å². The fourth-order valence-corrected chi connectivity index (χ4v) is 11.5. The first-order valence-corrected chi connectivity index (χ1v) is 27.7. The number of nitrogens with zero attached hydrogens (tertiary/aromatic N) is 6. The summed E-state index contributed by atoms with van der Waals surface area (Å²) >= 11 is 0. The Morgan fingerprint density at radius 1 is 0.333 bits per heavy atom. The summed E-state index contributed by atoms with van der Waals surface area (Å²) in [5, 5.41) is 6.54. The van der Waals surface area contributed by atoms with Crippen LogP contribution in [0.15, 0.2) is 140 Å². The first kappa shape index (κ1) is 51.7. The maximum atomic E-state index is 12.8. The fourth-order valence-electron chi connectivity index (χ4n) is 11.5. The molecule has 0 spiro atoms. The topological polar surface area (TPSA) is 77.6 Å². The van der Waals surface area contributed by atoms with Gasteiger partial charge in [-0.05, 0) is 96.5 Å². The van der Waals surface area contributed by atoms with E-state index in [1.54, 1.807) is 0 Å². The van der Waals surface area contributed by atoms with E-state index >= 15 is 0 Å². The Balaban J connectivity index is 0.000000178. The van der Waals surface area contributed by atoms with E-state index < -0.39 is 0 Å². The monoisotopic (exact) mass is 971 g/mol. The molecule has 10 rings (SSSR count). The number of likely N-dealkylation sites (tertiary alicyclic amines) is 2. The molecule has 2 N–H and O–H groups in total. The van der Waals surface area contributed by atoms with Gasteiger partial charge in [0.05, 0.1) is 0 Å². The van der Waals surface area contributed by atoms with Gasteiger partial charge in [-0.3, -0.25) is 34.1 Å². The molecule has 72 heavy (non-hydrogen) atoms. The number of carbonyl (C=O) groups is 2. The smallest absolute Gasteiger partial charge is 0.251 e. The second-order valence-electron chi connectivity index (χ2n) is 21.5. The molecule has 5 fully saturated rings. The van der Waals surface area contributed by atoms with Crippen LogP contribution in [0.5, 0.6) is 0 Å². The van der Waals surface area contributed by atoms with E-state index in [9.17, 15) is 9.59 Å². The van der Waals surface area contributed by atoms with Crippen molar-refractivity contribution < 1.29 is 9.59 Å². The number of carbonyl (C=O) groups excluding carboxylic acids is 2. The SMILES string of the molecule is O=C(NC1CCN(Cc2ccccc2)CC1)c1ccc(CN2CCN(CC3CCCCC3)CC2)cc1.O=C(NC1CCN(Cc2ccccc2)CC1)c1ccc(CN2CCN(Cc3ccccc3)CC2)cc1. The molecule has 5 aromatic carbocycles. The number of hydrogen-bond donors (Lipinski definition) is 2. The lowest BCUT2D eigenvalue weighted by Crippen LogP contribution is -2.47. The van der Waals surface area contributed by atoms with E-state index in [4.69, 9.17) is 0 Å². The Morgan fingerprint density at radius 2 is 0.625 bits per heavy atom. The van der Waals surface area contributed by atoms with Crippen molar-refractivity contribution in [1.29, 1.82) is 0 Å². The van der Waals surface area contributed by atoms with E-state index in [0.717, 1.165) is 141 Å². The highest BCUT2D eigenvalue weighted by Crippen LogP contribution is 2.25. The highest BCUT2D eigenvalue weighted by molar-refractivity contribution is 5.95. The molecule has 0 atom stereocenters. The Bertz CT molecular complexity index is 2330. The van der Waals surface area contributed by atoms with Crippen LogP contribution in [0.2, 0.25) is 0 Å². The second-order valence-corrected chi connectivity index (χ2v) is 21.5. The summed E-state index contributed by atoms with van der Waals surface area (Å²) in [5.41, 5.74) is 8.23. The van der Waals surface area contributed by atoms with Crippen molar-refractivity contribution >= 4 is 11.8 Å². The molecule has 10 nitrogen and oxygen atoms in total. The van der Waals surface area contributed by atoms with Crippen LogP contribution in [0.25, 0.3) is 0 Å². The minimum atomic E-state index is 0.0533. The molecule has 382 valence electrons. The quantitative estimate of drug-likeness (QED) is 0.102. The minimum Gasteiger partial charge on any atom is -0.349 e. The number of piperazine rings is 2. The van der Waals surface area contributed by atoms with Crippen LogP contribution >= 0.6 is 0 Å². The van der Waals surface area contributed by atoms with Crippen molar-refractivity contribution in [2.24, 2.45) is 5.92 Å². The number of nitrogens with one attached hydrogen (secondary N) is 2. The molecule has 5 aliphatic rings. The summed E-state index contributed by atoms with van der Waals surface area (Å²) in [7, 11) is 0. The number of piperidine rings is 2. The van der Waals surface area contributed by atoms with Crippen molar-refractivity contribution in [2.45, 2.75) is 103 Å². The molecule has 1 aliphatic carbocycles. The van der Waals surface area contributed by atoms with Gasteiger partial charge in [0, 0.05) is 141 Å². The highest BCUT2D eigenvalue weighted by Gasteiger charge is 2.25. The van der Waals surface area contributed by atoms with E-state index in [2.05, 4.69) is 155 Å². The second kappa shape index (κ2) is 27.2. The van der Waals surface area contributed by atoms with Crippen LogP contribution in [-0.2, 0) is 32.7 Å². The maximum Gasteiger partial charge on any atom is 0.251 e. The average Bonchev–Trinajstić information content (AvgIpc) is 3.43. The third-order valence-corrected chi connectivity index (χ3v) is 16.0. The van der Waals surface area contributed by atoms with Gasteiger partial charge in [-0.15, -0.1) is 0 Å². The number of rotatable bonds is 16. The molecule has 0 unspecified atom stereocenters. The predicted molar refractivity (Wildman–Crippen MR) is 293 cm³/mol. The van der Waals surface area contributed by atoms with Gasteiger partial charge in [-0.25, -0.2) is 0 Å². The van der Waals surface area contributed by atoms with Crippen LogP contribution in [0.4, 0.5) is 0 Å². The molecule has 0 aromatic heterocycles. The van der Waals surface area contributed by atoms with Crippen LogP contribution in [-0.4, -0.2) is 138 Å². The van der Waals surface area contributed by atoms with Crippen LogP contribution < -0.4 is 10.6 Å². The summed E-state index contributed by atoms with van der Waals surface area (Å²) in [5.74, 6) is 1.06. The summed E-state index contributed by atoms with van der Waals surface area (Å²) in [6.45, 7) is 19.4. The largest absolute Gasteiger partial charge is 0.349 e. The van der Waals surface area contributed by atoms with E-state index in [1.807, 2.05) is 24.3 Å². The van der Waals surface area contributed by atoms with Gasteiger partial charge in [0.25, 0.3) is 11.8 Å². The van der Waals surface area contributed by atoms with Gasteiger partial charge < -0.3 is 15.5 Å². The average molecular weight is 971 g/mol. The summed E-state index contributed by atoms with van der Waals surface area (Å²) in [6.07, 6.45) is 11.2. The van der Waals surface area contributed by atoms with Gasteiger partial charge >= 0.3 is 0 Å². The highest BCUT2D eigenvalue weighted by atomic mass is 16.2. The summed E-state index contributed by atoms with van der Waals surface area (Å²) in [4.78, 5) is 40.9. The standard InChI is InChI=1S/C31H44N4O.C31H38N4O/c2*36-31(32-30-15-17-33(18-16-30)23-26-7-3-1-4-8-26)29-13-11-28(12-14-29)25-35-21-19-34(20-22-35)24-27-9-5-2-6-10-27/h1,3-4,7-8,11-14,27,30H,2,5-6,9-10,15-25H2,(H,32,36);1-14,30H,15-25H2,(H,32,36). The predicted octanol–water partition coefficient (Wildman–Crippen LogP) is 9.18. The summed E-state index contributed by atoms with van der Waals surface area (Å²) in [6, 6.07) is 49.1. The Morgan fingerprint density at radius 3 is 0.958 bits per heavy atom. The number of hydrogen-bond acceptors (Lipinski definition) is 8. The van der Waals surface area contributed by atoms with Gasteiger partial charge in [-0.2, -0.15) is 0 Å². The van der Waals surface area contributed by atoms with Crippen molar-refractivity contribution in [3.05, 3.63) is 178 Å². The normalized spacial score (nSPS) is 19.8. The van der Waals surface area contributed by atoms with Crippen LogP contribution in [0.3, 0.4) is 0 Å². The summed E-state index contributed by atoms with van der Waals surface area (Å²) < 4.78 is 0. The third-order valence-electron chi connectivity index (χ3n) is 16.0. The molecule has 5 aromatic rings. The van der Waals surface area contributed by atoms with Gasteiger partial charge in [0.1, 0.15) is 0 Å². The molecule has 4 aliphatic heterocycles. The molecular formula is C62H82N8O2. The molecule has 0 radical (unpaired) electrons. The molecule has 4 heterocycles. The van der Waals surface area contributed by atoms with Gasteiger partial charge in [0.2, 0.25) is 0 Å². The molecule has 4 saturated heterocycles. The fraction of sp³-hybridized carbons (Fsp3) is 0.484. The Kier molecular flexibility index (Phi) is 19.5. The zero-order valence-corrected chi connectivity index (χ0v) is 43.1. The Labute approximate surface area is 431 Å². The zero-order valence-electron chi connectivity index (χ0n) is 43.1. The number of amides is 2. The number of benzene rings is 5. The molecule has 1 saturated carbocycles. The minimum absolute atomic E-state index is 0.0533. The lowest BCUT2D eigenvalue weighted by atomic mass is 9.89. The van der Waals surface area contributed by atoms with Crippen molar-refractivity contribution in [3.63, 3.8) is 0 Å². The van der Waals surface area contributed by atoms with Crippen molar-refractivity contribution in [3.8, 4) is 0 Å². The van der Waals surface area contributed by atoms with Crippen molar-refractivity contribution in [2.75, 3.05) is 85.1 Å². The lowest BCUT2D eigenvalue weighted by Gasteiger charge is -2.37. The van der Waals surface area contributed by atoms with Crippen LogP contribution in [0.1, 0.15) is 106 Å². The van der Waals surface area contributed by atoms with E-state index in [1.165, 1.54) is 79.6 Å². The molecule has 2 amide bonds. The van der Waals surface area contributed by atoms with E-state index in [-0.39, 0.29) is 23.9 Å². The molecular weight excluding hydrogens is 889 g/mol. The van der Waals surface area contributed by atoms with E-state index in [0.29, 0.717) is 0 Å². The zero-order chi connectivity index (χ0) is 49.2. The Hall–Kier alpha value is -5.20.